The minimum atomic E-state index is 0.640. The number of nitrogens with one attached hydrogen (secondary N) is 1. The highest BCUT2D eigenvalue weighted by Gasteiger charge is 2.23. The van der Waals surface area contributed by atoms with E-state index in [0.717, 1.165) is 51.0 Å². The molecule has 1 heterocycles. The number of para-hydroxylation sites is 1. The van der Waals surface area contributed by atoms with E-state index in [1.165, 1.54) is 27.7 Å². The van der Waals surface area contributed by atoms with E-state index in [1.807, 2.05) is 62.4 Å². The van der Waals surface area contributed by atoms with Crippen molar-refractivity contribution in [1.29, 1.82) is 0 Å². The summed E-state index contributed by atoms with van der Waals surface area (Å²) in [6.45, 7) is 5.27. The zero-order valence-corrected chi connectivity index (χ0v) is 28.1. The van der Waals surface area contributed by atoms with Gasteiger partial charge in [0.15, 0.2) is 0 Å². The second-order valence-electron chi connectivity index (χ2n) is 11.8. The summed E-state index contributed by atoms with van der Waals surface area (Å²) < 4.78 is 13.5. The van der Waals surface area contributed by atoms with E-state index in [4.69, 9.17) is 14.5 Å². The van der Waals surface area contributed by atoms with Gasteiger partial charge in [0.2, 0.25) is 0 Å². The number of ether oxygens (including phenoxy) is 2. The van der Waals surface area contributed by atoms with Gasteiger partial charge >= 0.3 is 0 Å². The zero-order chi connectivity index (χ0) is 33.6. The van der Waals surface area contributed by atoms with Crippen LogP contribution in [-0.4, -0.2) is 23.5 Å². The number of aromatic nitrogens is 1. The van der Waals surface area contributed by atoms with E-state index in [0.29, 0.717) is 13.2 Å². The lowest BCUT2D eigenvalue weighted by molar-refractivity contribution is 0.340. The molecule has 5 nitrogen and oxygen atoms in total. The molecule has 1 aliphatic carbocycles. The molecule has 0 saturated heterocycles. The van der Waals surface area contributed by atoms with Crippen LogP contribution < -0.4 is 14.8 Å². The Labute approximate surface area is 288 Å². The van der Waals surface area contributed by atoms with E-state index >= 15 is 0 Å². The van der Waals surface area contributed by atoms with Crippen molar-refractivity contribution in [3.63, 3.8) is 0 Å². The standard InChI is InChI=1S/C44H39N3O2/c1-4-48-38-27-23-36(24-28-38)45-34-19-15-31(16-20-34)42(32-17-21-35(22-18-32)46-37-25-29-39(30-26-37)49-5-2)43-40-13-9-10-14-41(40)47(3)44(43)33-11-7-6-8-12-33/h6-30,45H,4-5H2,1-3H3. The molecule has 242 valence electrons. The maximum absolute atomic E-state index is 5.62. The minimum Gasteiger partial charge on any atom is -0.494 e. The van der Waals surface area contributed by atoms with Gasteiger partial charge in [0.1, 0.15) is 11.5 Å². The van der Waals surface area contributed by atoms with E-state index in [9.17, 15) is 0 Å². The molecule has 7 rings (SSSR count). The summed E-state index contributed by atoms with van der Waals surface area (Å²) in [7, 11) is 2.16. The fourth-order valence-electron chi connectivity index (χ4n) is 6.36. The predicted molar refractivity (Wildman–Crippen MR) is 205 cm³/mol. The fourth-order valence-corrected chi connectivity index (χ4v) is 6.36. The average Bonchev–Trinajstić information content (AvgIpc) is 3.43. The van der Waals surface area contributed by atoms with Crippen LogP contribution in [0.1, 0.15) is 25.0 Å². The SMILES string of the molecule is CCOc1ccc(N=C2C=CC(=C(c3ccc(Nc4ccc(OCC)cc4)cc3)c3c(-c4ccccc4)n(C)c4ccccc34)C=C2)cc1. The molecule has 0 saturated carbocycles. The molecule has 49 heavy (non-hydrogen) atoms. The summed E-state index contributed by atoms with van der Waals surface area (Å²) >= 11 is 0. The van der Waals surface area contributed by atoms with Gasteiger partial charge in [0.05, 0.1) is 30.3 Å². The van der Waals surface area contributed by atoms with Crippen molar-refractivity contribution in [2.45, 2.75) is 13.8 Å². The average molecular weight is 642 g/mol. The monoisotopic (exact) mass is 641 g/mol. The second-order valence-corrected chi connectivity index (χ2v) is 11.8. The number of hydrogen-bond donors (Lipinski definition) is 1. The predicted octanol–water partition coefficient (Wildman–Crippen LogP) is 11.1. The Morgan fingerprint density at radius 1 is 0.633 bits per heavy atom. The summed E-state index contributed by atoms with van der Waals surface area (Å²) in [6, 6.07) is 44.0. The van der Waals surface area contributed by atoms with E-state index in [1.54, 1.807) is 0 Å². The summed E-state index contributed by atoms with van der Waals surface area (Å²) in [6.07, 6.45) is 8.57. The lowest BCUT2D eigenvalue weighted by atomic mass is 9.87. The Kier molecular flexibility index (Phi) is 9.24. The highest BCUT2D eigenvalue weighted by molar-refractivity contribution is 6.10. The first-order chi connectivity index (χ1) is 24.1. The number of anilines is 2. The van der Waals surface area contributed by atoms with Crippen LogP contribution in [0.4, 0.5) is 17.1 Å². The zero-order valence-electron chi connectivity index (χ0n) is 28.1. The van der Waals surface area contributed by atoms with Crippen molar-refractivity contribution in [2.24, 2.45) is 12.0 Å². The Bertz CT molecular complexity index is 2170. The Morgan fingerprint density at radius 2 is 1.20 bits per heavy atom. The van der Waals surface area contributed by atoms with Crippen molar-refractivity contribution in [1.82, 2.24) is 4.57 Å². The molecule has 0 amide bonds. The Morgan fingerprint density at radius 3 is 1.84 bits per heavy atom. The second kappa shape index (κ2) is 14.4. The molecular formula is C44H39N3O2. The maximum Gasteiger partial charge on any atom is 0.119 e. The van der Waals surface area contributed by atoms with Gasteiger partial charge in [-0.05, 0) is 115 Å². The molecule has 1 N–H and O–H groups in total. The van der Waals surface area contributed by atoms with Gasteiger partial charge in [0.25, 0.3) is 0 Å². The van der Waals surface area contributed by atoms with Gasteiger partial charge in [-0.3, -0.25) is 0 Å². The van der Waals surface area contributed by atoms with Crippen molar-refractivity contribution < 1.29 is 9.47 Å². The van der Waals surface area contributed by atoms with Crippen LogP contribution in [0.3, 0.4) is 0 Å². The smallest absolute Gasteiger partial charge is 0.119 e. The Hall–Kier alpha value is -6.07. The van der Waals surface area contributed by atoms with Crippen LogP contribution in [-0.2, 0) is 7.05 Å². The highest BCUT2D eigenvalue weighted by Crippen LogP contribution is 2.42. The van der Waals surface area contributed by atoms with Crippen molar-refractivity contribution in [3.05, 3.63) is 168 Å². The number of benzene rings is 5. The fraction of sp³-hybridized carbons (Fsp3) is 0.114. The van der Waals surface area contributed by atoms with Gasteiger partial charge in [-0.1, -0.05) is 72.8 Å². The normalized spacial score (nSPS) is 12.3. The molecule has 0 unspecified atom stereocenters. The highest BCUT2D eigenvalue weighted by atomic mass is 16.5. The molecule has 0 bridgehead atoms. The van der Waals surface area contributed by atoms with Gasteiger partial charge in [0, 0.05) is 34.9 Å². The van der Waals surface area contributed by atoms with Crippen LogP contribution in [0, 0.1) is 0 Å². The molecule has 0 radical (unpaired) electrons. The third kappa shape index (κ3) is 6.83. The largest absolute Gasteiger partial charge is 0.494 e. The summed E-state index contributed by atoms with van der Waals surface area (Å²) in [5, 5.41) is 4.75. The van der Waals surface area contributed by atoms with Crippen LogP contribution in [0.15, 0.2) is 162 Å². The van der Waals surface area contributed by atoms with Crippen LogP contribution in [0.5, 0.6) is 11.5 Å². The lowest BCUT2D eigenvalue weighted by Crippen LogP contribution is -2.00. The molecule has 0 aliphatic heterocycles. The molecule has 0 spiro atoms. The van der Waals surface area contributed by atoms with Crippen molar-refractivity contribution in [3.8, 4) is 22.8 Å². The minimum absolute atomic E-state index is 0.640. The molecule has 5 heteroatoms. The van der Waals surface area contributed by atoms with Crippen LogP contribution >= 0.6 is 0 Å². The van der Waals surface area contributed by atoms with Crippen molar-refractivity contribution in [2.75, 3.05) is 18.5 Å². The van der Waals surface area contributed by atoms with Crippen molar-refractivity contribution >= 4 is 39.2 Å². The quantitative estimate of drug-likeness (QED) is 0.162. The topological polar surface area (TPSA) is 47.8 Å². The number of aliphatic imine (C=N–C) groups is 1. The number of rotatable bonds is 10. The summed E-state index contributed by atoms with van der Waals surface area (Å²) in [5.41, 5.74) is 11.9. The molecular weight excluding hydrogens is 603 g/mol. The van der Waals surface area contributed by atoms with Gasteiger partial charge in [-0.2, -0.15) is 0 Å². The molecule has 0 atom stereocenters. The third-order valence-corrected chi connectivity index (χ3v) is 8.59. The van der Waals surface area contributed by atoms with E-state index < -0.39 is 0 Å². The molecule has 5 aromatic carbocycles. The third-order valence-electron chi connectivity index (χ3n) is 8.59. The number of hydrogen-bond acceptors (Lipinski definition) is 4. The lowest BCUT2D eigenvalue weighted by Gasteiger charge is -2.17. The van der Waals surface area contributed by atoms with Gasteiger partial charge in [-0.25, -0.2) is 4.99 Å². The van der Waals surface area contributed by atoms with Gasteiger partial charge in [-0.15, -0.1) is 0 Å². The van der Waals surface area contributed by atoms with E-state index in [2.05, 4.69) is 120 Å². The number of aryl methyl sites for hydroxylation is 1. The molecule has 1 aliphatic rings. The molecule has 0 fully saturated rings. The summed E-state index contributed by atoms with van der Waals surface area (Å²) in [4.78, 5) is 4.89. The van der Waals surface area contributed by atoms with E-state index in [-0.39, 0.29) is 0 Å². The first-order valence-corrected chi connectivity index (χ1v) is 16.8. The molecule has 1 aromatic heterocycles. The number of nitrogens with zero attached hydrogens (tertiary/aromatic N) is 2. The summed E-state index contributed by atoms with van der Waals surface area (Å²) in [5.74, 6) is 1.71. The van der Waals surface area contributed by atoms with Gasteiger partial charge < -0.3 is 19.4 Å². The Balaban J connectivity index is 1.32. The van der Waals surface area contributed by atoms with Crippen LogP contribution in [0.2, 0.25) is 0 Å². The first-order valence-electron chi connectivity index (χ1n) is 16.8. The maximum atomic E-state index is 5.62. The van der Waals surface area contributed by atoms with Crippen LogP contribution in [0.25, 0.3) is 27.7 Å². The number of fused-ring (bicyclic) bond motifs is 1. The number of allylic oxidation sites excluding steroid dienone is 5. The molecule has 6 aromatic rings. The first kappa shape index (κ1) is 31.5.